The largest absolute Gasteiger partial charge is 0.456 e. The van der Waals surface area contributed by atoms with Gasteiger partial charge in [0.25, 0.3) is 0 Å². The number of furan rings is 1. The number of nitrogens with zero attached hydrogens (tertiary/aromatic N) is 3. The summed E-state index contributed by atoms with van der Waals surface area (Å²) in [7, 11) is 0. The predicted octanol–water partition coefficient (Wildman–Crippen LogP) is 12.0. The highest BCUT2D eigenvalue weighted by Gasteiger charge is 2.24. The maximum atomic E-state index is 6.30. The van der Waals surface area contributed by atoms with Gasteiger partial charge in [-0.2, -0.15) is 0 Å². The highest BCUT2D eigenvalue weighted by Crippen LogP contribution is 2.36. The third kappa shape index (κ3) is 4.86. The van der Waals surface area contributed by atoms with E-state index in [1.807, 2.05) is 30.3 Å². The summed E-state index contributed by atoms with van der Waals surface area (Å²) < 4.78 is 8.64. The van der Waals surface area contributed by atoms with E-state index in [1.54, 1.807) is 0 Å². The van der Waals surface area contributed by atoms with E-state index in [0.717, 1.165) is 55.7 Å². The summed E-state index contributed by atoms with van der Waals surface area (Å²) in [6, 6.07) is 63.9. The fraction of sp³-hybridized carbons (Fsp3) is 0.0204. The molecule has 254 valence electrons. The van der Waals surface area contributed by atoms with Gasteiger partial charge in [0.2, 0.25) is 0 Å². The van der Waals surface area contributed by atoms with Gasteiger partial charge < -0.3 is 14.3 Å². The SMILES string of the molecule is c1cc(C2=NC(c3cccc4oc5ccccc5c34)=NC(c3ccc(-c4cccc5ccccc45)cc3)N2)cc(-n2c3ccccc3c3ccccc32)c1. The number of rotatable bonds is 5. The normalized spacial score (nSPS) is 14.5. The Morgan fingerprint density at radius 1 is 0.500 bits per heavy atom. The van der Waals surface area contributed by atoms with Gasteiger partial charge >= 0.3 is 0 Å². The Morgan fingerprint density at radius 3 is 1.94 bits per heavy atom. The number of aromatic nitrogens is 1. The molecule has 54 heavy (non-hydrogen) atoms. The maximum Gasteiger partial charge on any atom is 0.160 e. The van der Waals surface area contributed by atoms with Crippen molar-refractivity contribution < 1.29 is 4.42 Å². The van der Waals surface area contributed by atoms with Crippen molar-refractivity contribution in [3.63, 3.8) is 0 Å². The predicted molar refractivity (Wildman–Crippen MR) is 223 cm³/mol. The zero-order valence-electron chi connectivity index (χ0n) is 29.1. The van der Waals surface area contributed by atoms with Crippen LogP contribution in [0.15, 0.2) is 196 Å². The summed E-state index contributed by atoms with van der Waals surface area (Å²) >= 11 is 0. The second-order valence-corrected chi connectivity index (χ2v) is 13.8. The molecule has 0 fully saturated rings. The molecule has 0 radical (unpaired) electrons. The standard InChI is InChI=1S/C49H32N4O/c1-2-16-36-31(12-1)13-10-20-37(36)32-26-28-33(29-27-32)47-50-48(52-49(51-47)41-21-11-25-45-46(41)40-19-5-8-24-44(40)54-45)34-14-9-15-35(30-34)53-42-22-6-3-17-38(42)39-18-4-7-23-43(39)53/h1-30,47H,(H,50,51,52). The van der Waals surface area contributed by atoms with Crippen molar-refractivity contribution in [3.05, 3.63) is 199 Å². The smallest absolute Gasteiger partial charge is 0.160 e. The summed E-state index contributed by atoms with van der Waals surface area (Å²) in [5.74, 6) is 1.42. The molecule has 1 aliphatic rings. The van der Waals surface area contributed by atoms with E-state index in [-0.39, 0.29) is 6.17 Å². The number of hydrogen-bond donors (Lipinski definition) is 1. The van der Waals surface area contributed by atoms with Crippen molar-refractivity contribution in [1.29, 1.82) is 0 Å². The van der Waals surface area contributed by atoms with Gasteiger partial charge in [0, 0.05) is 38.4 Å². The lowest BCUT2D eigenvalue weighted by molar-refractivity contribution is 0.668. The number of amidine groups is 2. The highest BCUT2D eigenvalue weighted by molar-refractivity contribution is 6.22. The van der Waals surface area contributed by atoms with Gasteiger partial charge in [0.05, 0.1) is 11.0 Å². The van der Waals surface area contributed by atoms with Crippen LogP contribution >= 0.6 is 0 Å². The lowest BCUT2D eigenvalue weighted by atomic mass is 9.97. The molecule has 1 N–H and O–H groups in total. The first-order valence-corrected chi connectivity index (χ1v) is 18.3. The van der Waals surface area contributed by atoms with Crippen LogP contribution in [-0.4, -0.2) is 16.2 Å². The molecule has 10 aromatic rings. The highest BCUT2D eigenvalue weighted by atomic mass is 16.3. The van der Waals surface area contributed by atoms with E-state index < -0.39 is 0 Å². The van der Waals surface area contributed by atoms with E-state index in [0.29, 0.717) is 5.84 Å². The lowest BCUT2D eigenvalue weighted by Crippen LogP contribution is -2.33. The van der Waals surface area contributed by atoms with Crippen LogP contribution in [0.2, 0.25) is 0 Å². The van der Waals surface area contributed by atoms with Crippen molar-refractivity contribution in [3.8, 4) is 16.8 Å². The molecule has 0 spiro atoms. The molecule has 0 saturated carbocycles. The zero-order valence-corrected chi connectivity index (χ0v) is 29.1. The molecule has 0 aliphatic carbocycles. The van der Waals surface area contributed by atoms with Crippen LogP contribution in [0.5, 0.6) is 0 Å². The summed E-state index contributed by atoms with van der Waals surface area (Å²) in [6.45, 7) is 0. The van der Waals surface area contributed by atoms with Crippen molar-refractivity contribution in [1.82, 2.24) is 9.88 Å². The van der Waals surface area contributed by atoms with Crippen LogP contribution in [0.25, 0.3) is 71.3 Å². The van der Waals surface area contributed by atoms with Crippen molar-refractivity contribution >= 4 is 66.2 Å². The summed E-state index contributed by atoms with van der Waals surface area (Å²) in [4.78, 5) is 10.6. The van der Waals surface area contributed by atoms with Crippen LogP contribution < -0.4 is 5.32 Å². The summed E-state index contributed by atoms with van der Waals surface area (Å²) in [6.07, 6.45) is -0.376. The van der Waals surface area contributed by atoms with Gasteiger partial charge in [-0.1, -0.05) is 146 Å². The average Bonchev–Trinajstić information content (AvgIpc) is 3.80. The fourth-order valence-corrected chi connectivity index (χ4v) is 8.16. The van der Waals surface area contributed by atoms with Crippen LogP contribution in [0.3, 0.4) is 0 Å². The quantitative estimate of drug-likeness (QED) is 0.195. The summed E-state index contributed by atoms with van der Waals surface area (Å²) in [5, 5.41) is 10.7. The molecule has 1 unspecified atom stereocenters. The van der Waals surface area contributed by atoms with E-state index in [4.69, 9.17) is 14.4 Å². The van der Waals surface area contributed by atoms with Crippen molar-refractivity contribution in [2.75, 3.05) is 0 Å². The van der Waals surface area contributed by atoms with Crippen LogP contribution in [0, 0.1) is 0 Å². The summed E-state index contributed by atoms with van der Waals surface area (Å²) in [5.41, 5.74) is 10.4. The Kier molecular flexibility index (Phi) is 6.85. The molecule has 5 nitrogen and oxygen atoms in total. The molecule has 0 saturated heterocycles. The third-order valence-electron chi connectivity index (χ3n) is 10.7. The van der Waals surface area contributed by atoms with E-state index in [2.05, 4.69) is 162 Å². The van der Waals surface area contributed by atoms with Crippen LogP contribution in [-0.2, 0) is 0 Å². The van der Waals surface area contributed by atoms with E-state index in [9.17, 15) is 0 Å². The molecule has 0 bridgehead atoms. The number of aliphatic imine (C=N–C) groups is 2. The first kappa shape index (κ1) is 30.4. The Balaban J connectivity index is 1.06. The minimum atomic E-state index is -0.376. The van der Waals surface area contributed by atoms with Crippen LogP contribution in [0.4, 0.5) is 0 Å². The maximum absolute atomic E-state index is 6.30. The Labute approximate surface area is 311 Å². The number of hydrogen-bond acceptors (Lipinski definition) is 4. The van der Waals surface area contributed by atoms with Gasteiger partial charge in [-0.15, -0.1) is 0 Å². The zero-order chi connectivity index (χ0) is 35.6. The van der Waals surface area contributed by atoms with Gasteiger partial charge in [0.15, 0.2) is 5.84 Å². The number of fused-ring (bicyclic) bond motifs is 7. The second kappa shape index (κ2) is 12.2. The molecule has 8 aromatic carbocycles. The second-order valence-electron chi connectivity index (χ2n) is 13.8. The average molecular weight is 693 g/mol. The van der Waals surface area contributed by atoms with Gasteiger partial charge in [-0.25, -0.2) is 9.98 Å². The molecular weight excluding hydrogens is 661 g/mol. The molecule has 2 aromatic heterocycles. The lowest BCUT2D eigenvalue weighted by Gasteiger charge is -2.24. The van der Waals surface area contributed by atoms with Gasteiger partial charge in [0.1, 0.15) is 23.2 Å². The molecular formula is C49H32N4O. The topological polar surface area (TPSA) is 54.8 Å². The van der Waals surface area contributed by atoms with E-state index >= 15 is 0 Å². The van der Waals surface area contributed by atoms with Crippen molar-refractivity contribution in [2.45, 2.75) is 6.17 Å². The van der Waals surface area contributed by atoms with Crippen LogP contribution in [0.1, 0.15) is 22.9 Å². The number of nitrogens with one attached hydrogen (secondary N) is 1. The monoisotopic (exact) mass is 692 g/mol. The fourth-order valence-electron chi connectivity index (χ4n) is 8.16. The Bertz CT molecular complexity index is 3090. The Hall–Kier alpha value is -7.24. The van der Waals surface area contributed by atoms with Gasteiger partial charge in [-0.05, 0) is 63.9 Å². The third-order valence-corrected chi connectivity index (χ3v) is 10.7. The molecule has 3 heterocycles. The molecule has 0 amide bonds. The van der Waals surface area contributed by atoms with E-state index in [1.165, 1.54) is 38.1 Å². The first-order valence-electron chi connectivity index (χ1n) is 18.3. The minimum Gasteiger partial charge on any atom is -0.456 e. The molecule has 11 rings (SSSR count). The minimum absolute atomic E-state index is 0.376. The Morgan fingerprint density at radius 2 is 1.13 bits per heavy atom. The first-order chi connectivity index (χ1) is 26.8. The molecule has 1 atom stereocenters. The van der Waals surface area contributed by atoms with Gasteiger partial charge in [-0.3, -0.25) is 0 Å². The number of para-hydroxylation sites is 3. The number of benzene rings is 8. The van der Waals surface area contributed by atoms with Crippen molar-refractivity contribution in [2.24, 2.45) is 9.98 Å². The molecule has 1 aliphatic heterocycles. The molecule has 5 heteroatoms.